The van der Waals surface area contributed by atoms with Crippen molar-refractivity contribution >= 4 is 17.9 Å². The molecule has 4 heteroatoms. The van der Waals surface area contributed by atoms with Crippen LogP contribution in [0.25, 0.3) is 0 Å². The summed E-state index contributed by atoms with van der Waals surface area (Å²) in [4.78, 5) is 35.9. The molecule has 0 spiro atoms. The lowest BCUT2D eigenvalue weighted by Crippen LogP contribution is -2.33. The van der Waals surface area contributed by atoms with Crippen LogP contribution in [0.15, 0.2) is 42.5 Å². The fourth-order valence-electron chi connectivity index (χ4n) is 3.35. The summed E-state index contributed by atoms with van der Waals surface area (Å²) in [5.74, 6) is -0.271. The monoisotopic (exact) mass is 327 g/mol. The first-order valence-electron chi connectivity index (χ1n) is 8.28. The molecule has 128 valence electrons. The molecule has 2 aliphatic rings. The van der Waals surface area contributed by atoms with E-state index >= 15 is 0 Å². The fraction of sp³-hybridized carbons (Fsp3) is 0.450. The SMILES string of the molecule is C=C1C(=O)C2(C=O)CC(=O)CC1C2.CN(C)CCc1ccccc1. The van der Waals surface area contributed by atoms with Gasteiger partial charge in [-0.1, -0.05) is 36.9 Å². The summed E-state index contributed by atoms with van der Waals surface area (Å²) in [7, 11) is 4.20. The highest BCUT2D eigenvalue weighted by molar-refractivity contribution is 6.14. The van der Waals surface area contributed by atoms with Crippen LogP contribution in [0, 0.1) is 11.3 Å². The smallest absolute Gasteiger partial charge is 0.172 e. The Morgan fingerprint density at radius 2 is 1.92 bits per heavy atom. The minimum Gasteiger partial charge on any atom is -0.309 e. The van der Waals surface area contributed by atoms with Crippen molar-refractivity contribution in [1.29, 1.82) is 0 Å². The van der Waals surface area contributed by atoms with Gasteiger partial charge in [0.05, 0.1) is 5.41 Å². The second kappa shape index (κ2) is 7.67. The van der Waals surface area contributed by atoms with Crippen molar-refractivity contribution in [1.82, 2.24) is 4.90 Å². The molecule has 2 bridgehead atoms. The first-order chi connectivity index (χ1) is 11.4. The van der Waals surface area contributed by atoms with Gasteiger partial charge < -0.3 is 9.69 Å². The molecule has 0 aliphatic heterocycles. The summed E-state index contributed by atoms with van der Waals surface area (Å²) in [6, 6.07) is 10.6. The van der Waals surface area contributed by atoms with Crippen LogP contribution < -0.4 is 0 Å². The highest BCUT2D eigenvalue weighted by Crippen LogP contribution is 2.48. The van der Waals surface area contributed by atoms with Crippen molar-refractivity contribution in [3.05, 3.63) is 48.0 Å². The first-order valence-corrected chi connectivity index (χ1v) is 8.28. The number of benzene rings is 1. The van der Waals surface area contributed by atoms with Crippen LogP contribution >= 0.6 is 0 Å². The largest absolute Gasteiger partial charge is 0.309 e. The Kier molecular flexibility index (Phi) is 5.84. The summed E-state index contributed by atoms with van der Waals surface area (Å²) in [6.45, 7) is 4.77. The molecule has 2 atom stereocenters. The molecule has 1 aromatic carbocycles. The van der Waals surface area contributed by atoms with E-state index in [1.165, 1.54) is 5.56 Å². The van der Waals surface area contributed by atoms with Gasteiger partial charge in [-0.2, -0.15) is 0 Å². The molecular weight excluding hydrogens is 302 g/mol. The van der Waals surface area contributed by atoms with Crippen molar-refractivity contribution < 1.29 is 14.4 Å². The molecule has 0 aromatic heterocycles. The van der Waals surface area contributed by atoms with Gasteiger partial charge in [-0.15, -0.1) is 0 Å². The first kappa shape index (κ1) is 18.3. The number of carbonyl (C=O) groups is 3. The van der Waals surface area contributed by atoms with Gasteiger partial charge >= 0.3 is 0 Å². The van der Waals surface area contributed by atoms with E-state index in [4.69, 9.17) is 0 Å². The van der Waals surface area contributed by atoms with Gasteiger partial charge in [0.25, 0.3) is 0 Å². The lowest BCUT2D eigenvalue weighted by molar-refractivity contribution is -0.137. The summed E-state index contributed by atoms with van der Waals surface area (Å²) in [6.07, 6.45) is 2.76. The molecule has 4 nitrogen and oxygen atoms in total. The van der Waals surface area contributed by atoms with Gasteiger partial charge in [-0.05, 0) is 44.0 Å². The Morgan fingerprint density at radius 3 is 2.50 bits per heavy atom. The predicted molar refractivity (Wildman–Crippen MR) is 93.7 cm³/mol. The Bertz CT molecular complexity index is 636. The van der Waals surface area contributed by atoms with Gasteiger partial charge in [0.15, 0.2) is 5.78 Å². The molecule has 3 rings (SSSR count). The van der Waals surface area contributed by atoms with Crippen LogP contribution in [0.2, 0.25) is 0 Å². The molecular formula is C20H25NO3. The molecule has 2 unspecified atom stereocenters. The zero-order chi connectivity index (χ0) is 17.7. The van der Waals surface area contributed by atoms with E-state index in [1.807, 2.05) is 0 Å². The van der Waals surface area contributed by atoms with Crippen molar-refractivity contribution in [3.8, 4) is 0 Å². The number of rotatable bonds is 4. The number of hydrogen-bond acceptors (Lipinski definition) is 4. The van der Waals surface area contributed by atoms with Crippen molar-refractivity contribution in [2.24, 2.45) is 11.3 Å². The number of likely N-dealkylation sites (N-methyl/N-ethyl adjacent to an activating group) is 1. The van der Waals surface area contributed by atoms with E-state index < -0.39 is 5.41 Å². The third-order valence-electron chi connectivity index (χ3n) is 4.75. The van der Waals surface area contributed by atoms with E-state index in [1.54, 1.807) is 0 Å². The Hall–Kier alpha value is -2.07. The highest BCUT2D eigenvalue weighted by Gasteiger charge is 2.53. The maximum Gasteiger partial charge on any atom is 0.172 e. The van der Waals surface area contributed by atoms with E-state index in [0.29, 0.717) is 24.7 Å². The van der Waals surface area contributed by atoms with Crippen LogP contribution in [0.1, 0.15) is 24.8 Å². The quantitative estimate of drug-likeness (QED) is 0.484. The summed E-state index contributed by atoms with van der Waals surface area (Å²) in [5, 5.41) is 0. The van der Waals surface area contributed by atoms with Gasteiger partial charge in [0, 0.05) is 19.4 Å². The van der Waals surface area contributed by atoms with Crippen LogP contribution in [0.5, 0.6) is 0 Å². The summed E-state index contributed by atoms with van der Waals surface area (Å²) < 4.78 is 0. The molecule has 0 heterocycles. The van der Waals surface area contributed by atoms with E-state index in [2.05, 4.69) is 55.9 Å². The fourth-order valence-corrected chi connectivity index (χ4v) is 3.35. The van der Waals surface area contributed by atoms with Crippen LogP contribution in [0.3, 0.4) is 0 Å². The molecule has 24 heavy (non-hydrogen) atoms. The van der Waals surface area contributed by atoms with Crippen LogP contribution in [0.4, 0.5) is 0 Å². The molecule has 0 saturated heterocycles. The third-order valence-corrected chi connectivity index (χ3v) is 4.75. The van der Waals surface area contributed by atoms with E-state index in [-0.39, 0.29) is 23.9 Å². The van der Waals surface area contributed by atoms with Crippen molar-refractivity contribution in [3.63, 3.8) is 0 Å². The number of fused-ring (bicyclic) bond motifs is 2. The summed E-state index contributed by atoms with van der Waals surface area (Å²) >= 11 is 0. The topological polar surface area (TPSA) is 54.5 Å². The number of allylic oxidation sites excluding steroid dienone is 1. The molecule has 0 radical (unpaired) electrons. The maximum atomic E-state index is 11.6. The molecule has 2 saturated carbocycles. The number of carbonyl (C=O) groups excluding carboxylic acids is 3. The van der Waals surface area contributed by atoms with Gasteiger partial charge in [-0.25, -0.2) is 0 Å². The predicted octanol–water partition coefficient (Wildman–Crippen LogP) is 2.47. The highest BCUT2D eigenvalue weighted by atomic mass is 16.2. The molecule has 0 amide bonds. The lowest BCUT2D eigenvalue weighted by Gasteiger charge is -2.23. The van der Waals surface area contributed by atoms with Crippen LogP contribution in [-0.2, 0) is 20.8 Å². The molecule has 0 N–H and O–H groups in total. The Balaban J connectivity index is 0.000000177. The zero-order valence-electron chi connectivity index (χ0n) is 14.5. The number of hydrogen-bond donors (Lipinski definition) is 0. The van der Waals surface area contributed by atoms with Gasteiger partial charge in [-0.3, -0.25) is 9.59 Å². The number of nitrogens with zero attached hydrogens (tertiary/aromatic N) is 1. The molecule has 1 aromatic rings. The minimum atomic E-state index is -1.03. The van der Waals surface area contributed by atoms with Crippen molar-refractivity contribution in [2.75, 3.05) is 20.6 Å². The maximum absolute atomic E-state index is 11.6. The van der Waals surface area contributed by atoms with E-state index in [9.17, 15) is 14.4 Å². The standard InChI is InChI=1S/C10H15N.C10H10O3/c1-11(2)9-8-10-6-4-3-5-7-10;1-6-7-2-8(12)4-10(3-7,5-11)9(6)13/h3-7H,8-9H2,1-2H3;5,7H,1-4H2. The Morgan fingerprint density at radius 1 is 1.25 bits per heavy atom. The number of aldehydes is 1. The van der Waals surface area contributed by atoms with Gasteiger partial charge in [0.2, 0.25) is 0 Å². The third kappa shape index (κ3) is 4.06. The molecule has 2 fully saturated rings. The second-order valence-electron chi connectivity index (χ2n) is 6.99. The average molecular weight is 327 g/mol. The lowest BCUT2D eigenvalue weighted by atomic mass is 9.76. The van der Waals surface area contributed by atoms with E-state index in [0.717, 1.165) is 13.0 Å². The van der Waals surface area contributed by atoms with Gasteiger partial charge in [0.1, 0.15) is 12.1 Å². The number of Topliss-reactive ketones (excluding diaryl/α,β-unsaturated/α-hetero) is 2. The Labute approximate surface area is 143 Å². The summed E-state index contributed by atoms with van der Waals surface area (Å²) in [5.41, 5.74) is 0.857. The van der Waals surface area contributed by atoms with Crippen molar-refractivity contribution in [2.45, 2.75) is 25.7 Å². The minimum absolute atomic E-state index is 0.00958. The zero-order valence-corrected chi connectivity index (χ0v) is 14.5. The normalized spacial score (nSPS) is 25.5. The van der Waals surface area contributed by atoms with Crippen LogP contribution in [-0.4, -0.2) is 43.4 Å². The average Bonchev–Trinajstić information content (AvgIpc) is 2.75. The molecule has 2 aliphatic carbocycles. The second-order valence-corrected chi connectivity index (χ2v) is 6.99. The number of ketones is 2.